The van der Waals surface area contributed by atoms with Gasteiger partial charge in [0.15, 0.2) is 0 Å². The summed E-state index contributed by atoms with van der Waals surface area (Å²) in [6.45, 7) is 3.49. The fourth-order valence-corrected chi connectivity index (χ4v) is 0.516. The van der Waals surface area contributed by atoms with Crippen molar-refractivity contribution in [2.75, 3.05) is 54.4 Å². The fourth-order valence-electron chi connectivity index (χ4n) is 0.516. The fraction of sp³-hybridized carbons (Fsp3) is 1.00. The van der Waals surface area contributed by atoms with E-state index in [2.05, 4.69) is 9.80 Å². The van der Waals surface area contributed by atoms with Crippen molar-refractivity contribution in [1.82, 2.24) is 9.80 Å². The van der Waals surface area contributed by atoms with Crippen molar-refractivity contribution >= 4 is 0 Å². The van der Waals surface area contributed by atoms with Gasteiger partial charge in [-0.25, -0.2) is 37.3 Å². The van der Waals surface area contributed by atoms with Crippen molar-refractivity contribution in [1.29, 1.82) is 0 Å². The van der Waals surface area contributed by atoms with Gasteiger partial charge < -0.3 is 21.3 Å². The average molecular weight is 439 g/mol. The third kappa shape index (κ3) is 219. The number of halogens is 2. The van der Waals surface area contributed by atoms with E-state index in [-0.39, 0.29) is 17.1 Å². The van der Waals surface area contributed by atoms with Gasteiger partial charge in [-0.15, -0.1) is 20.5 Å². The van der Waals surface area contributed by atoms with Crippen LogP contribution in [0.15, 0.2) is 0 Å². The van der Waals surface area contributed by atoms with Gasteiger partial charge in [0, 0.05) is 26.2 Å². The van der Waals surface area contributed by atoms with E-state index in [1.54, 1.807) is 0 Å². The second kappa shape index (κ2) is 20.7. The SMILES string of the molecule is CN(C)CCN.CN(C)CCN.[Cu+2].[O-][Cl+3]([O-])([O-])[O-].[O-][Cl+3]([O-])([O-])[O-]. The Bertz CT molecular complexity index is 185. The van der Waals surface area contributed by atoms with E-state index in [4.69, 9.17) is 48.7 Å². The first-order valence-corrected chi connectivity index (χ1v) is 7.94. The number of nitrogens with two attached hydrogens (primary N) is 2. The van der Waals surface area contributed by atoms with Crippen LogP contribution in [0.1, 0.15) is 0 Å². The number of hydrogen-bond donors (Lipinski definition) is 2. The van der Waals surface area contributed by atoms with Gasteiger partial charge in [-0.05, 0) is 28.2 Å². The van der Waals surface area contributed by atoms with E-state index in [0.29, 0.717) is 0 Å². The Morgan fingerprint density at radius 2 is 0.739 bits per heavy atom. The standard InChI is InChI=1S/2C4H12N2.2ClHO4.Cu/c2*1-6(2)4-3-5;2*2-1(3,4)5;/h2*3-5H2,1-2H3;2*(H,2,3,4,5);/q;;;;+2/p-2. The van der Waals surface area contributed by atoms with Crippen LogP contribution in [-0.2, 0) is 17.1 Å². The van der Waals surface area contributed by atoms with Crippen molar-refractivity contribution in [2.24, 2.45) is 11.5 Å². The monoisotopic (exact) mass is 437 g/mol. The van der Waals surface area contributed by atoms with Gasteiger partial charge in [-0.2, -0.15) is 0 Å². The number of likely N-dealkylation sites (N-methyl/N-ethyl adjacent to an activating group) is 2. The Morgan fingerprint density at radius 3 is 0.739 bits per heavy atom. The van der Waals surface area contributed by atoms with Crippen molar-refractivity contribution in [3.8, 4) is 0 Å². The Hall–Kier alpha value is 0.619. The maximum Gasteiger partial charge on any atom is 2.00 e. The molecule has 4 N–H and O–H groups in total. The molecule has 0 aromatic carbocycles. The molecule has 1 radical (unpaired) electrons. The minimum atomic E-state index is -4.94. The second-order valence-electron chi connectivity index (χ2n) is 3.94. The summed E-state index contributed by atoms with van der Waals surface area (Å²) in [5, 5.41) is 0. The molecule has 0 bridgehead atoms. The van der Waals surface area contributed by atoms with Crippen LogP contribution < -0.4 is 48.7 Å². The molecular formula is C8H24Cl2CuN4O8. The molecule has 0 saturated carbocycles. The van der Waals surface area contributed by atoms with Gasteiger partial charge in [0.05, 0.1) is 0 Å². The number of nitrogens with zero attached hydrogens (tertiary/aromatic N) is 2. The Kier molecular flexibility index (Phi) is 31.3. The quantitative estimate of drug-likeness (QED) is 0.388. The molecule has 0 amide bonds. The second-order valence-corrected chi connectivity index (χ2v) is 5.45. The van der Waals surface area contributed by atoms with Gasteiger partial charge in [0.2, 0.25) is 0 Å². The van der Waals surface area contributed by atoms with Crippen LogP contribution in [0.3, 0.4) is 0 Å². The van der Waals surface area contributed by atoms with E-state index in [0.717, 1.165) is 26.2 Å². The third-order valence-electron chi connectivity index (χ3n) is 1.15. The molecule has 0 saturated heterocycles. The molecule has 149 valence electrons. The summed E-state index contributed by atoms with van der Waals surface area (Å²) in [6, 6.07) is 0. The van der Waals surface area contributed by atoms with Crippen LogP contribution in [0, 0.1) is 20.5 Å². The van der Waals surface area contributed by atoms with Crippen LogP contribution in [0.25, 0.3) is 0 Å². The molecule has 0 heterocycles. The van der Waals surface area contributed by atoms with Gasteiger partial charge in [0.1, 0.15) is 0 Å². The first kappa shape index (κ1) is 34.9. The molecule has 0 rings (SSSR count). The summed E-state index contributed by atoms with van der Waals surface area (Å²) >= 11 is 0. The molecule has 0 aliphatic carbocycles. The molecule has 15 heteroatoms. The van der Waals surface area contributed by atoms with Crippen LogP contribution in [0.2, 0.25) is 0 Å². The van der Waals surface area contributed by atoms with Gasteiger partial charge in [0.25, 0.3) is 0 Å². The molecular weight excluding hydrogens is 415 g/mol. The van der Waals surface area contributed by atoms with Crippen molar-refractivity contribution < 1.29 is 74.8 Å². The summed E-state index contributed by atoms with van der Waals surface area (Å²) in [5.74, 6) is 0. The zero-order chi connectivity index (χ0) is 19.0. The first-order chi connectivity index (χ1) is 9.54. The number of rotatable bonds is 4. The molecule has 0 atom stereocenters. The van der Waals surface area contributed by atoms with E-state index in [1.807, 2.05) is 28.2 Å². The largest absolute Gasteiger partial charge is 2.00 e. The molecule has 0 aromatic heterocycles. The van der Waals surface area contributed by atoms with E-state index >= 15 is 0 Å². The van der Waals surface area contributed by atoms with Crippen LogP contribution >= 0.6 is 0 Å². The minimum Gasteiger partial charge on any atom is -0.329 e. The molecule has 0 unspecified atom stereocenters. The predicted octanol–water partition coefficient (Wildman–Crippen LogP) is -10.5. The first-order valence-electron chi connectivity index (χ1n) is 5.47. The third-order valence-corrected chi connectivity index (χ3v) is 1.15. The zero-order valence-corrected chi connectivity index (χ0v) is 15.7. The maximum absolute atomic E-state index is 8.49. The normalized spacial score (nSPS) is 10.4. The Balaban J connectivity index is -0.0000000620. The van der Waals surface area contributed by atoms with Crippen molar-refractivity contribution in [2.45, 2.75) is 0 Å². The maximum atomic E-state index is 8.49. The number of hydrogen-bond acceptors (Lipinski definition) is 12. The zero-order valence-electron chi connectivity index (χ0n) is 13.2. The summed E-state index contributed by atoms with van der Waals surface area (Å²) in [6.07, 6.45) is 0. The summed E-state index contributed by atoms with van der Waals surface area (Å²) in [4.78, 5) is 4.11. The molecule has 0 aliphatic rings. The molecule has 0 spiro atoms. The molecule has 12 nitrogen and oxygen atoms in total. The molecule has 23 heavy (non-hydrogen) atoms. The topological polar surface area (TPSA) is 243 Å². The minimum absolute atomic E-state index is 0. The van der Waals surface area contributed by atoms with E-state index in [1.165, 1.54) is 0 Å². The predicted molar refractivity (Wildman–Crippen MR) is 55.2 cm³/mol. The van der Waals surface area contributed by atoms with Crippen LogP contribution in [-0.4, -0.2) is 64.2 Å². The van der Waals surface area contributed by atoms with Gasteiger partial charge >= 0.3 is 17.1 Å². The molecule has 0 aromatic rings. The average Bonchev–Trinajstić information content (AvgIpc) is 2.11. The van der Waals surface area contributed by atoms with Gasteiger partial charge in [-0.3, -0.25) is 0 Å². The van der Waals surface area contributed by atoms with Gasteiger partial charge in [-0.1, -0.05) is 0 Å². The Labute approximate surface area is 150 Å². The summed E-state index contributed by atoms with van der Waals surface area (Å²) < 4.78 is 67.9. The molecule has 0 aliphatic heterocycles. The summed E-state index contributed by atoms with van der Waals surface area (Å²) in [5.41, 5.74) is 10.4. The van der Waals surface area contributed by atoms with E-state index in [9.17, 15) is 0 Å². The van der Waals surface area contributed by atoms with E-state index < -0.39 is 20.5 Å². The van der Waals surface area contributed by atoms with Crippen LogP contribution in [0.5, 0.6) is 0 Å². The Morgan fingerprint density at radius 1 is 0.609 bits per heavy atom. The van der Waals surface area contributed by atoms with Crippen molar-refractivity contribution in [3.05, 3.63) is 0 Å². The molecule has 0 fully saturated rings. The smallest absolute Gasteiger partial charge is 0.329 e. The summed E-state index contributed by atoms with van der Waals surface area (Å²) in [7, 11) is -1.86. The van der Waals surface area contributed by atoms with Crippen molar-refractivity contribution in [3.63, 3.8) is 0 Å². The van der Waals surface area contributed by atoms with Crippen LogP contribution in [0.4, 0.5) is 0 Å².